The van der Waals surface area contributed by atoms with Crippen LogP contribution in [-0.4, -0.2) is 64.5 Å². The summed E-state index contributed by atoms with van der Waals surface area (Å²) in [6.07, 6.45) is 2.60. The Balaban J connectivity index is 1.70. The maximum Gasteiger partial charge on any atom is 0.331 e. The second-order valence-corrected chi connectivity index (χ2v) is 9.95. The normalized spacial score (nSPS) is 14.8. The van der Waals surface area contributed by atoms with E-state index in [-0.39, 0.29) is 36.1 Å². The fraction of sp³-hybridized carbons (Fsp3) is 0.360. The molecule has 0 amide bonds. The Labute approximate surface area is 200 Å². The molecule has 1 aliphatic rings. The summed E-state index contributed by atoms with van der Waals surface area (Å²) in [5, 5.41) is 0. The number of hydrogen-bond acceptors (Lipinski definition) is 7. The number of ether oxygens (including phenoxy) is 3. The molecule has 0 bridgehead atoms. The predicted molar refractivity (Wildman–Crippen MR) is 128 cm³/mol. The number of rotatable bonds is 8. The van der Waals surface area contributed by atoms with Crippen LogP contribution in [0.3, 0.4) is 0 Å². The Morgan fingerprint density at radius 1 is 1.03 bits per heavy atom. The maximum absolute atomic E-state index is 13.1. The molecule has 0 saturated carbocycles. The fourth-order valence-corrected chi connectivity index (χ4v) is 5.21. The number of carbonyl (C=O) groups is 2. The number of esters is 1. The smallest absolute Gasteiger partial charge is 0.331 e. The first kappa shape index (κ1) is 25.6. The molecule has 1 heterocycles. The number of aryl methyl sites for hydroxylation is 3. The minimum Gasteiger partial charge on any atom is -0.495 e. The van der Waals surface area contributed by atoms with E-state index >= 15 is 0 Å². The van der Waals surface area contributed by atoms with E-state index in [0.29, 0.717) is 24.3 Å². The Hall–Kier alpha value is -3.01. The predicted octanol–water partition coefficient (Wildman–Crippen LogP) is 3.08. The molecule has 8 nitrogen and oxygen atoms in total. The Morgan fingerprint density at radius 2 is 1.71 bits per heavy atom. The van der Waals surface area contributed by atoms with Gasteiger partial charge in [0.25, 0.3) is 0 Å². The highest BCUT2D eigenvalue weighted by molar-refractivity contribution is 7.89. The molecule has 0 N–H and O–H groups in total. The molecular formula is C25H29NO7S. The zero-order valence-electron chi connectivity index (χ0n) is 19.8. The number of Topliss-reactive ketones (excluding diaryl/α,β-unsaturated/α-hetero) is 1. The molecule has 9 heteroatoms. The van der Waals surface area contributed by atoms with Crippen LogP contribution in [0.2, 0.25) is 0 Å². The summed E-state index contributed by atoms with van der Waals surface area (Å²) in [6, 6.07) is 8.33. The number of ketones is 1. The van der Waals surface area contributed by atoms with Crippen LogP contribution in [0.5, 0.6) is 5.75 Å². The second-order valence-electron chi connectivity index (χ2n) is 8.04. The van der Waals surface area contributed by atoms with Crippen molar-refractivity contribution in [2.75, 3.05) is 40.0 Å². The Bertz CT molecular complexity index is 1210. The van der Waals surface area contributed by atoms with Crippen molar-refractivity contribution < 1.29 is 32.2 Å². The van der Waals surface area contributed by atoms with Gasteiger partial charge >= 0.3 is 5.97 Å². The third kappa shape index (κ3) is 5.91. The van der Waals surface area contributed by atoms with Crippen LogP contribution < -0.4 is 4.74 Å². The molecule has 0 radical (unpaired) electrons. The molecule has 182 valence electrons. The molecule has 1 aliphatic heterocycles. The van der Waals surface area contributed by atoms with Crippen LogP contribution in [0, 0.1) is 20.8 Å². The van der Waals surface area contributed by atoms with Crippen molar-refractivity contribution in [2.24, 2.45) is 0 Å². The Kier molecular flexibility index (Phi) is 8.24. The minimum absolute atomic E-state index is 0.00723. The van der Waals surface area contributed by atoms with Gasteiger partial charge in [-0.15, -0.1) is 0 Å². The number of sulfonamides is 1. The second kappa shape index (κ2) is 10.9. The molecule has 0 unspecified atom stereocenters. The van der Waals surface area contributed by atoms with Crippen molar-refractivity contribution in [3.05, 3.63) is 64.2 Å². The van der Waals surface area contributed by atoms with Crippen molar-refractivity contribution in [2.45, 2.75) is 25.7 Å². The van der Waals surface area contributed by atoms with E-state index < -0.39 is 16.0 Å². The van der Waals surface area contributed by atoms with E-state index in [1.807, 2.05) is 26.8 Å². The van der Waals surface area contributed by atoms with Crippen LogP contribution in [0.4, 0.5) is 0 Å². The summed E-state index contributed by atoms with van der Waals surface area (Å²) in [7, 11) is -2.40. The van der Waals surface area contributed by atoms with Gasteiger partial charge in [-0.05, 0) is 67.3 Å². The zero-order chi connectivity index (χ0) is 24.9. The highest BCUT2D eigenvalue weighted by atomic mass is 32.2. The summed E-state index contributed by atoms with van der Waals surface area (Å²) in [5.41, 5.74) is 3.90. The van der Waals surface area contributed by atoms with E-state index in [1.165, 1.54) is 29.6 Å². The standard InChI is InChI=1S/C25H29NO7S/c1-17-13-19(3)21(14-18(17)2)22(27)16-33-25(28)8-6-20-5-7-23(31-4)24(15-20)34(29,30)26-9-11-32-12-10-26/h5-8,13-15H,9-12,16H2,1-4H3. The summed E-state index contributed by atoms with van der Waals surface area (Å²) in [4.78, 5) is 24.7. The third-order valence-electron chi connectivity index (χ3n) is 5.67. The molecule has 0 spiro atoms. The first-order valence-electron chi connectivity index (χ1n) is 10.9. The summed E-state index contributed by atoms with van der Waals surface area (Å²) < 4.78 is 43.1. The number of nitrogens with zero attached hydrogens (tertiary/aromatic N) is 1. The van der Waals surface area contributed by atoms with Crippen LogP contribution in [-0.2, 0) is 24.3 Å². The van der Waals surface area contributed by atoms with Gasteiger partial charge in [0.15, 0.2) is 6.61 Å². The molecule has 1 fully saturated rings. The van der Waals surface area contributed by atoms with Crippen LogP contribution in [0.25, 0.3) is 6.08 Å². The van der Waals surface area contributed by atoms with Crippen LogP contribution >= 0.6 is 0 Å². The lowest BCUT2D eigenvalue weighted by atomic mass is 9.98. The molecule has 2 aromatic rings. The average molecular weight is 488 g/mol. The zero-order valence-corrected chi connectivity index (χ0v) is 20.6. The molecule has 34 heavy (non-hydrogen) atoms. The number of hydrogen-bond donors (Lipinski definition) is 0. The van der Waals surface area contributed by atoms with Gasteiger partial charge < -0.3 is 14.2 Å². The summed E-state index contributed by atoms with van der Waals surface area (Å²) in [6.45, 7) is 6.51. The lowest BCUT2D eigenvalue weighted by Gasteiger charge is -2.26. The summed E-state index contributed by atoms with van der Waals surface area (Å²) >= 11 is 0. The van der Waals surface area contributed by atoms with Gasteiger partial charge in [0.1, 0.15) is 10.6 Å². The van der Waals surface area contributed by atoms with Crippen LogP contribution in [0.15, 0.2) is 41.3 Å². The van der Waals surface area contributed by atoms with Gasteiger partial charge in [-0.1, -0.05) is 12.1 Å². The number of morpholine rings is 1. The Morgan fingerprint density at radius 3 is 2.38 bits per heavy atom. The van der Waals surface area contributed by atoms with Gasteiger partial charge in [-0.2, -0.15) is 4.31 Å². The van der Waals surface area contributed by atoms with Gasteiger partial charge in [-0.3, -0.25) is 4.79 Å². The lowest BCUT2D eigenvalue weighted by molar-refractivity contribution is -0.136. The molecule has 3 rings (SSSR count). The minimum atomic E-state index is -3.80. The lowest BCUT2D eigenvalue weighted by Crippen LogP contribution is -2.40. The van der Waals surface area contributed by atoms with E-state index in [0.717, 1.165) is 22.8 Å². The molecule has 1 saturated heterocycles. The van der Waals surface area contributed by atoms with Crippen molar-refractivity contribution in [3.8, 4) is 5.75 Å². The number of benzene rings is 2. The molecule has 0 aromatic heterocycles. The first-order valence-corrected chi connectivity index (χ1v) is 12.3. The fourth-order valence-electron chi connectivity index (χ4n) is 3.61. The van der Waals surface area contributed by atoms with Gasteiger partial charge in [0.2, 0.25) is 15.8 Å². The largest absolute Gasteiger partial charge is 0.495 e. The van der Waals surface area contributed by atoms with E-state index in [2.05, 4.69) is 0 Å². The highest BCUT2D eigenvalue weighted by Crippen LogP contribution is 2.29. The maximum atomic E-state index is 13.1. The average Bonchev–Trinajstić information content (AvgIpc) is 2.83. The summed E-state index contributed by atoms with van der Waals surface area (Å²) in [5.74, 6) is -0.783. The van der Waals surface area contributed by atoms with Crippen molar-refractivity contribution in [1.82, 2.24) is 4.31 Å². The van der Waals surface area contributed by atoms with Crippen molar-refractivity contribution in [3.63, 3.8) is 0 Å². The van der Waals surface area contributed by atoms with Crippen molar-refractivity contribution >= 4 is 27.9 Å². The van der Waals surface area contributed by atoms with E-state index in [1.54, 1.807) is 12.1 Å². The molecule has 2 aromatic carbocycles. The first-order chi connectivity index (χ1) is 16.1. The topological polar surface area (TPSA) is 99.2 Å². The quantitative estimate of drug-likeness (QED) is 0.321. The number of methoxy groups -OCH3 is 1. The number of carbonyl (C=O) groups excluding carboxylic acids is 2. The SMILES string of the molecule is COc1ccc(C=CC(=O)OCC(=O)c2cc(C)c(C)cc2C)cc1S(=O)(=O)N1CCOCC1. The molecule has 0 aliphatic carbocycles. The molecule has 0 atom stereocenters. The van der Waals surface area contributed by atoms with E-state index in [9.17, 15) is 18.0 Å². The van der Waals surface area contributed by atoms with Gasteiger partial charge in [-0.25, -0.2) is 13.2 Å². The van der Waals surface area contributed by atoms with Crippen molar-refractivity contribution in [1.29, 1.82) is 0 Å². The van der Waals surface area contributed by atoms with Gasteiger partial charge in [0.05, 0.1) is 20.3 Å². The van der Waals surface area contributed by atoms with Crippen LogP contribution in [0.1, 0.15) is 32.6 Å². The van der Waals surface area contributed by atoms with Gasteiger partial charge in [0, 0.05) is 24.7 Å². The monoisotopic (exact) mass is 487 g/mol. The van der Waals surface area contributed by atoms with E-state index in [4.69, 9.17) is 14.2 Å². The third-order valence-corrected chi connectivity index (χ3v) is 7.59. The highest BCUT2D eigenvalue weighted by Gasteiger charge is 2.29. The molecular weight excluding hydrogens is 458 g/mol.